The van der Waals surface area contributed by atoms with Crippen LogP contribution in [-0.4, -0.2) is 54.0 Å². The third-order valence-electron chi connectivity index (χ3n) is 5.42. The van der Waals surface area contributed by atoms with Crippen LogP contribution in [0.4, 0.5) is 0 Å². The quantitative estimate of drug-likeness (QED) is 0.671. The van der Waals surface area contributed by atoms with Crippen molar-refractivity contribution in [2.75, 3.05) is 33.3 Å². The zero-order chi connectivity index (χ0) is 20.1. The molecular formula is C24H25N3O2. The van der Waals surface area contributed by atoms with Crippen LogP contribution in [0.2, 0.25) is 0 Å². The van der Waals surface area contributed by atoms with E-state index in [1.165, 1.54) is 5.56 Å². The number of hydrogen-bond donors (Lipinski definition) is 0. The lowest BCUT2D eigenvalue weighted by Gasteiger charge is -2.40. The molecule has 1 atom stereocenters. The molecule has 29 heavy (non-hydrogen) atoms. The maximum atomic E-state index is 12.8. The van der Waals surface area contributed by atoms with Crippen molar-refractivity contribution < 1.29 is 9.53 Å². The molecule has 1 aliphatic rings. The second-order valence-corrected chi connectivity index (χ2v) is 7.13. The maximum Gasteiger partial charge on any atom is 0.255 e. The van der Waals surface area contributed by atoms with Crippen LogP contribution >= 0.6 is 0 Å². The number of aromatic nitrogens is 1. The van der Waals surface area contributed by atoms with Gasteiger partial charge in [-0.2, -0.15) is 0 Å². The first-order valence-electron chi connectivity index (χ1n) is 9.89. The minimum atomic E-state index is 0.0475. The minimum absolute atomic E-state index is 0.0475. The molecule has 4 rings (SSSR count). The maximum absolute atomic E-state index is 12.8. The summed E-state index contributed by atoms with van der Waals surface area (Å²) in [5.41, 5.74) is 3.02. The highest BCUT2D eigenvalue weighted by Gasteiger charge is 2.30. The van der Waals surface area contributed by atoms with Gasteiger partial charge in [-0.25, -0.2) is 0 Å². The lowest BCUT2D eigenvalue weighted by atomic mass is 9.95. The Morgan fingerprint density at radius 3 is 2.34 bits per heavy atom. The number of nitrogens with zero attached hydrogens (tertiary/aromatic N) is 3. The van der Waals surface area contributed by atoms with Crippen LogP contribution in [0, 0.1) is 0 Å². The van der Waals surface area contributed by atoms with Crippen LogP contribution in [0.3, 0.4) is 0 Å². The molecule has 3 aromatic rings. The van der Waals surface area contributed by atoms with Gasteiger partial charge in [0.2, 0.25) is 0 Å². The van der Waals surface area contributed by atoms with Crippen molar-refractivity contribution in [1.29, 1.82) is 0 Å². The average molecular weight is 387 g/mol. The van der Waals surface area contributed by atoms with Crippen LogP contribution in [-0.2, 0) is 0 Å². The average Bonchev–Trinajstić information content (AvgIpc) is 2.81. The second kappa shape index (κ2) is 8.88. The Bertz CT molecular complexity index is 939. The number of piperazine rings is 1. The van der Waals surface area contributed by atoms with Crippen LogP contribution < -0.4 is 4.74 Å². The Labute approximate surface area is 171 Å². The molecule has 0 N–H and O–H groups in total. The zero-order valence-electron chi connectivity index (χ0n) is 16.6. The molecular weight excluding hydrogens is 362 g/mol. The van der Waals surface area contributed by atoms with E-state index in [2.05, 4.69) is 46.3 Å². The number of benzene rings is 2. The molecule has 0 radical (unpaired) electrons. The Balaban J connectivity index is 1.57. The Morgan fingerprint density at radius 2 is 1.66 bits per heavy atom. The van der Waals surface area contributed by atoms with E-state index in [1.54, 1.807) is 25.6 Å². The van der Waals surface area contributed by atoms with Gasteiger partial charge in [-0.05, 0) is 23.8 Å². The van der Waals surface area contributed by atoms with E-state index in [4.69, 9.17) is 4.74 Å². The first kappa shape index (κ1) is 19.2. The Hall–Kier alpha value is -3.18. The van der Waals surface area contributed by atoms with E-state index in [0.29, 0.717) is 18.7 Å². The number of ether oxygens (including phenoxy) is 1. The van der Waals surface area contributed by atoms with Crippen molar-refractivity contribution in [3.8, 4) is 5.75 Å². The molecule has 1 aliphatic heterocycles. The van der Waals surface area contributed by atoms with Gasteiger partial charge in [0.05, 0.1) is 18.7 Å². The van der Waals surface area contributed by atoms with Crippen LogP contribution in [0.15, 0.2) is 79.1 Å². The summed E-state index contributed by atoms with van der Waals surface area (Å²) in [6.07, 6.45) is 3.32. The Kier molecular flexibility index (Phi) is 5.86. The van der Waals surface area contributed by atoms with Gasteiger partial charge >= 0.3 is 0 Å². The van der Waals surface area contributed by atoms with Gasteiger partial charge in [-0.15, -0.1) is 0 Å². The summed E-state index contributed by atoms with van der Waals surface area (Å²) < 4.78 is 5.66. The fourth-order valence-electron chi connectivity index (χ4n) is 3.97. The molecule has 0 saturated carbocycles. The molecule has 0 aliphatic carbocycles. The van der Waals surface area contributed by atoms with Gasteiger partial charge in [0.25, 0.3) is 5.91 Å². The number of rotatable bonds is 5. The summed E-state index contributed by atoms with van der Waals surface area (Å²) in [4.78, 5) is 21.2. The van der Waals surface area contributed by atoms with Crippen LogP contribution in [0.5, 0.6) is 5.75 Å². The largest absolute Gasteiger partial charge is 0.496 e. The number of carbonyl (C=O) groups excluding carboxylic acids is 1. The fourth-order valence-corrected chi connectivity index (χ4v) is 3.97. The van der Waals surface area contributed by atoms with Crippen molar-refractivity contribution in [2.24, 2.45) is 0 Å². The summed E-state index contributed by atoms with van der Waals surface area (Å²) >= 11 is 0. The van der Waals surface area contributed by atoms with Crippen molar-refractivity contribution in [3.05, 3.63) is 95.8 Å². The molecule has 2 aromatic carbocycles. The summed E-state index contributed by atoms with van der Waals surface area (Å²) in [7, 11) is 1.71. The zero-order valence-corrected chi connectivity index (χ0v) is 16.6. The number of hydrogen-bond acceptors (Lipinski definition) is 4. The topological polar surface area (TPSA) is 45.7 Å². The summed E-state index contributed by atoms with van der Waals surface area (Å²) in [5.74, 6) is 0.932. The van der Waals surface area contributed by atoms with Crippen molar-refractivity contribution >= 4 is 5.91 Å². The second-order valence-electron chi connectivity index (χ2n) is 7.13. The van der Waals surface area contributed by atoms with E-state index in [-0.39, 0.29) is 11.9 Å². The molecule has 5 nitrogen and oxygen atoms in total. The molecule has 148 valence electrons. The van der Waals surface area contributed by atoms with Crippen LogP contribution in [0.1, 0.15) is 27.5 Å². The molecule has 1 aromatic heterocycles. The van der Waals surface area contributed by atoms with Crippen molar-refractivity contribution in [1.82, 2.24) is 14.8 Å². The van der Waals surface area contributed by atoms with Gasteiger partial charge in [0.1, 0.15) is 5.75 Å². The highest BCUT2D eigenvalue weighted by Crippen LogP contribution is 2.35. The lowest BCUT2D eigenvalue weighted by Crippen LogP contribution is -2.49. The SMILES string of the molecule is COc1ccccc1C(c1ccccc1)N1CCN(C(=O)c2cccnc2)CC1. The molecule has 0 spiro atoms. The first-order chi connectivity index (χ1) is 14.3. The molecule has 5 heteroatoms. The van der Waals surface area contributed by atoms with Gasteiger partial charge in [-0.1, -0.05) is 48.5 Å². The molecule has 0 bridgehead atoms. The lowest BCUT2D eigenvalue weighted by molar-refractivity contribution is 0.0595. The molecule has 1 amide bonds. The number of amides is 1. The number of methoxy groups -OCH3 is 1. The highest BCUT2D eigenvalue weighted by atomic mass is 16.5. The predicted molar refractivity (Wildman–Crippen MR) is 113 cm³/mol. The van der Waals surface area contributed by atoms with E-state index < -0.39 is 0 Å². The summed E-state index contributed by atoms with van der Waals surface area (Å²) in [6.45, 7) is 2.96. The summed E-state index contributed by atoms with van der Waals surface area (Å²) in [6, 6.07) is 22.4. The van der Waals surface area contributed by atoms with Gasteiger partial charge in [0, 0.05) is 44.1 Å². The van der Waals surface area contributed by atoms with Crippen molar-refractivity contribution in [2.45, 2.75) is 6.04 Å². The first-order valence-corrected chi connectivity index (χ1v) is 9.89. The van der Waals surface area contributed by atoms with Gasteiger partial charge in [-0.3, -0.25) is 14.7 Å². The molecule has 1 saturated heterocycles. The van der Waals surface area contributed by atoms with E-state index in [0.717, 1.165) is 24.4 Å². The smallest absolute Gasteiger partial charge is 0.255 e. The molecule has 1 unspecified atom stereocenters. The fraction of sp³-hybridized carbons (Fsp3) is 0.250. The third kappa shape index (κ3) is 4.15. The van der Waals surface area contributed by atoms with E-state index in [9.17, 15) is 4.79 Å². The van der Waals surface area contributed by atoms with Gasteiger partial charge in [0.15, 0.2) is 0 Å². The number of carbonyl (C=O) groups is 1. The van der Waals surface area contributed by atoms with Crippen molar-refractivity contribution in [3.63, 3.8) is 0 Å². The van der Waals surface area contributed by atoms with E-state index in [1.807, 2.05) is 29.2 Å². The molecule has 1 fully saturated rings. The molecule has 2 heterocycles. The normalized spacial score (nSPS) is 15.7. The highest BCUT2D eigenvalue weighted by molar-refractivity contribution is 5.93. The monoisotopic (exact) mass is 387 g/mol. The van der Waals surface area contributed by atoms with E-state index >= 15 is 0 Å². The Morgan fingerprint density at radius 1 is 0.931 bits per heavy atom. The summed E-state index contributed by atoms with van der Waals surface area (Å²) in [5, 5.41) is 0. The number of para-hydroxylation sites is 1. The third-order valence-corrected chi connectivity index (χ3v) is 5.42. The standard InChI is InChI=1S/C24H25N3O2/c1-29-22-12-6-5-11-21(22)23(19-8-3-2-4-9-19)26-14-16-27(17-15-26)24(28)20-10-7-13-25-18-20/h2-13,18,23H,14-17H2,1H3. The minimum Gasteiger partial charge on any atom is -0.496 e. The van der Waals surface area contributed by atoms with Crippen LogP contribution in [0.25, 0.3) is 0 Å². The predicted octanol–water partition coefficient (Wildman–Crippen LogP) is 3.64. The number of pyridine rings is 1. The van der Waals surface area contributed by atoms with Gasteiger partial charge < -0.3 is 9.64 Å².